The minimum absolute atomic E-state index is 0.336. The molecule has 2 aromatic carbocycles. The molecule has 0 aliphatic heterocycles. The Morgan fingerprint density at radius 2 is 1.80 bits per heavy atom. The third kappa shape index (κ3) is 3.93. The van der Waals surface area contributed by atoms with Crippen molar-refractivity contribution in [1.82, 2.24) is 4.98 Å². The summed E-state index contributed by atoms with van der Waals surface area (Å²) in [5.74, 6) is -2.34. The van der Waals surface area contributed by atoms with E-state index < -0.39 is 32.1 Å². The van der Waals surface area contributed by atoms with Crippen LogP contribution in [0.25, 0.3) is 10.6 Å². The van der Waals surface area contributed by atoms with E-state index in [1.807, 2.05) is 24.3 Å². The molecule has 0 unspecified atom stereocenters. The highest BCUT2D eigenvalue weighted by atomic mass is 32.2. The second-order valence-electron chi connectivity index (χ2n) is 5.53. The molecule has 25 heavy (non-hydrogen) atoms. The van der Waals surface area contributed by atoms with Crippen LogP contribution in [0, 0.1) is 11.6 Å². The van der Waals surface area contributed by atoms with Crippen molar-refractivity contribution in [1.29, 1.82) is 0 Å². The third-order valence-corrected chi connectivity index (χ3v) is 6.34. The van der Waals surface area contributed by atoms with Gasteiger partial charge in [-0.05, 0) is 24.1 Å². The molecule has 0 aliphatic carbocycles. The first-order valence-corrected chi connectivity index (χ1v) is 10.1. The Balaban J connectivity index is 1.84. The van der Waals surface area contributed by atoms with Gasteiger partial charge >= 0.3 is 0 Å². The molecule has 1 aromatic heterocycles. The highest BCUT2D eigenvalue weighted by Gasteiger charge is 2.22. The molecule has 3 aromatic rings. The number of aromatic nitrogens is 1. The summed E-state index contributed by atoms with van der Waals surface area (Å²) in [6.45, 7) is 2.07. The lowest BCUT2D eigenvalue weighted by atomic mass is 10.1. The normalized spacial score (nSPS) is 11.6. The summed E-state index contributed by atoms with van der Waals surface area (Å²) >= 11 is 1.33. The number of sulfone groups is 1. The molecule has 0 amide bonds. The standard InChI is InChI=1S/C18H15F2NO2S2/c1-2-12-3-5-13(6-4-12)18-21-15(10-24-18)11-25(22,23)17-8-7-14(19)9-16(17)20/h3-10H,2,11H2,1H3. The number of hydrogen-bond donors (Lipinski definition) is 0. The predicted molar refractivity (Wildman–Crippen MR) is 94.2 cm³/mol. The number of benzene rings is 2. The van der Waals surface area contributed by atoms with Gasteiger partial charge in [0.25, 0.3) is 0 Å². The van der Waals surface area contributed by atoms with Crippen LogP contribution >= 0.6 is 11.3 Å². The zero-order valence-electron chi connectivity index (χ0n) is 13.4. The second kappa shape index (κ2) is 7.01. The van der Waals surface area contributed by atoms with E-state index in [4.69, 9.17) is 0 Å². The molecule has 130 valence electrons. The number of aryl methyl sites for hydroxylation is 1. The molecule has 0 aliphatic rings. The summed E-state index contributed by atoms with van der Waals surface area (Å²) in [4.78, 5) is 3.82. The van der Waals surface area contributed by atoms with Crippen LogP contribution in [-0.2, 0) is 22.0 Å². The number of halogens is 2. The SMILES string of the molecule is CCc1ccc(-c2nc(CS(=O)(=O)c3ccc(F)cc3F)cs2)cc1. The van der Waals surface area contributed by atoms with Gasteiger partial charge in [0.05, 0.1) is 11.4 Å². The fourth-order valence-corrected chi connectivity index (χ4v) is 4.64. The van der Waals surface area contributed by atoms with Gasteiger partial charge < -0.3 is 0 Å². The topological polar surface area (TPSA) is 47.0 Å². The quantitative estimate of drug-likeness (QED) is 0.608. The van der Waals surface area contributed by atoms with Crippen LogP contribution in [0.15, 0.2) is 52.7 Å². The Labute approximate surface area is 148 Å². The molecule has 0 saturated carbocycles. The van der Waals surface area contributed by atoms with Gasteiger partial charge in [-0.2, -0.15) is 0 Å². The van der Waals surface area contributed by atoms with Crippen LogP contribution in [0.5, 0.6) is 0 Å². The third-order valence-electron chi connectivity index (χ3n) is 3.73. The predicted octanol–water partition coefficient (Wildman–Crippen LogP) is 4.62. The van der Waals surface area contributed by atoms with Crippen LogP contribution in [0.3, 0.4) is 0 Å². The summed E-state index contributed by atoms with van der Waals surface area (Å²) in [6.07, 6.45) is 0.935. The zero-order chi connectivity index (χ0) is 18.0. The molecule has 0 atom stereocenters. The van der Waals surface area contributed by atoms with Crippen molar-refractivity contribution < 1.29 is 17.2 Å². The summed E-state index contributed by atoms with van der Waals surface area (Å²) in [5.41, 5.74) is 2.44. The largest absolute Gasteiger partial charge is 0.240 e. The molecule has 0 saturated heterocycles. The lowest BCUT2D eigenvalue weighted by Crippen LogP contribution is -2.08. The van der Waals surface area contributed by atoms with Crippen molar-refractivity contribution in [3.8, 4) is 10.6 Å². The minimum atomic E-state index is -3.94. The van der Waals surface area contributed by atoms with E-state index in [2.05, 4.69) is 11.9 Å². The highest BCUT2D eigenvalue weighted by Crippen LogP contribution is 2.27. The molecule has 0 bridgehead atoms. The molecule has 0 fully saturated rings. The molecule has 1 heterocycles. The Kier molecular flexibility index (Phi) is 4.96. The van der Waals surface area contributed by atoms with Gasteiger partial charge in [-0.1, -0.05) is 31.2 Å². The molecule has 7 heteroatoms. The van der Waals surface area contributed by atoms with E-state index in [1.165, 1.54) is 16.9 Å². The maximum atomic E-state index is 13.8. The monoisotopic (exact) mass is 379 g/mol. The summed E-state index contributed by atoms with van der Waals surface area (Å²) < 4.78 is 51.4. The average molecular weight is 379 g/mol. The van der Waals surface area contributed by atoms with Crippen molar-refractivity contribution in [2.75, 3.05) is 0 Å². The van der Waals surface area contributed by atoms with Gasteiger partial charge in [0.2, 0.25) is 0 Å². The highest BCUT2D eigenvalue weighted by molar-refractivity contribution is 7.90. The Hall–Kier alpha value is -2.12. The molecule has 0 N–H and O–H groups in total. The van der Waals surface area contributed by atoms with Crippen molar-refractivity contribution in [3.05, 3.63) is 70.7 Å². The summed E-state index contributed by atoms with van der Waals surface area (Å²) in [7, 11) is -3.94. The van der Waals surface area contributed by atoms with Crippen LogP contribution in [0.2, 0.25) is 0 Å². The number of hydrogen-bond acceptors (Lipinski definition) is 4. The Morgan fingerprint density at radius 1 is 1.08 bits per heavy atom. The Bertz CT molecular complexity index is 996. The van der Waals surface area contributed by atoms with Gasteiger partial charge in [-0.25, -0.2) is 22.2 Å². The number of thiazole rings is 1. The van der Waals surface area contributed by atoms with Gasteiger partial charge in [0.15, 0.2) is 9.84 Å². The maximum Gasteiger partial charge on any atom is 0.186 e. The minimum Gasteiger partial charge on any atom is -0.240 e. The molecule has 0 spiro atoms. The van der Waals surface area contributed by atoms with Crippen molar-refractivity contribution in [3.63, 3.8) is 0 Å². The Morgan fingerprint density at radius 3 is 2.44 bits per heavy atom. The van der Waals surface area contributed by atoms with Crippen molar-refractivity contribution >= 4 is 21.2 Å². The van der Waals surface area contributed by atoms with Crippen LogP contribution < -0.4 is 0 Å². The van der Waals surface area contributed by atoms with E-state index in [0.717, 1.165) is 24.1 Å². The van der Waals surface area contributed by atoms with Crippen LogP contribution in [0.1, 0.15) is 18.2 Å². The fraction of sp³-hybridized carbons (Fsp3) is 0.167. The van der Waals surface area contributed by atoms with Crippen molar-refractivity contribution in [2.24, 2.45) is 0 Å². The first kappa shape index (κ1) is 17.7. The average Bonchev–Trinajstić information content (AvgIpc) is 3.02. The van der Waals surface area contributed by atoms with E-state index in [-0.39, 0.29) is 0 Å². The lowest BCUT2D eigenvalue weighted by Gasteiger charge is -2.04. The molecule has 3 rings (SSSR count). The van der Waals surface area contributed by atoms with E-state index in [1.54, 1.807) is 5.38 Å². The zero-order valence-corrected chi connectivity index (χ0v) is 15.0. The molecule has 3 nitrogen and oxygen atoms in total. The van der Waals surface area contributed by atoms with Crippen LogP contribution in [0.4, 0.5) is 8.78 Å². The van der Waals surface area contributed by atoms with Gasteiger partial charge in [0.1, 0.15) is 21.5 Å². The fourth-order valence-electron chi connectivity index (χ4n) is 2.39. The van der Waals surface area contributed by atoms with Gasteiger partial charge in [-0.3, -0.25) is 0 Å². The summed E-state index contributed by atoms with van der Waals surface area (Å²) in [6, 6.07) is 10.3. The van der Waals surface area contributed by atoms with Crippen molar-refractivity contribution in [2.45, 2.75) is 24.0 Å². The summed E-state index contributed by atoms with van der Waals surface area (Å²) in [5, 5.41) is 2.34. The molecular weight excluding hydrogens is 364 g/mol. The number of nitrogens with zero attached hydrogens (tertiary/aromatic N) is 1. The maximum absolute atomic E-state index is 13.8. The van der Waals surface area contributed by atoms with E-state index >= 15 is 0 Å². The molecular formula is C18H15F2NO2S2. The second-order valence-corrected chi connectivity index (χ2v) is 8.34. The van der Waals surface area contributed by atoms with Gasteiger partial charge in [-0.15, -0.1) is 11.3 Å². The molecule has 0 radical (unpaired) electrons. The first-order chi connectivity index (χ1) is 11.9. The first-order valence-electron chi connectivity index (χ1n) is 7.60. The van der Waals surface area contributed by atoms with E-state index in [9.17, 15) is 17.2 Å². The van der Waals surface area contributed by atoms with Gasteiger partial charge in [0, 0.05) is 17.0 Å². The number of rotatable bonds is 5. The lowest BCUT2D eigenvalue weighted by molar-refractivity contribution is 0.548. The van der Waals surface area contributed by atoms with E-state index in [0.29, 0.717) is 16.8 Å². The van der Waals surface area contributed by atoms with Crippen LogP contribution in [-0.4, -0.2) is 13.4 Å². The smallest absolute Gasteiger partial charge is 0.186 e.